The molecular weight excluding hydrogens is 579 g/mol. The van der Waals surface area contributed by atoms with E-state index in [1.165, 1.54) is 23.5 Å². The molecule has 2 amide bonds. The summed E-state index contributed by atoms with van der Waals surface area (Å²) in [5.41, 5.74) is 2.12. The highest BCUT2D eigenvalue weighted by molar-refractivity contribution is 7.09. The topological polar surface area (TPSA) is 80.8 Å². The molecule has 11 heteroatoms. The Morgan fingerprint density at radius 2 is 1.67 bits per heavy atom. The molecule has 6 rings (SSSR count). The van der Waals surface area contributed by atoms with Gasteiger partial charge >= 0.3 is 6.18 Å². The minimum atomic E-state index is -4.42. The summed E-state index contributed by atoms with van der Waals surface area (Å²) in [5, 5.41) is 5.53. The van der Waals surface area contributed by atoms with Gasteiger partial charge in [0.05, 0.1) is 10.6 Å². The molecule has 1 fully saturated rings. The minimum Gasteiger partial charge on any atom is -0.486 e. The molecule has 43 heavy (non-hydrogen) atoms. The maximum atomic E-state index is 13.5. The lowest BCUT2D eigenvalue weighted by Gasteiger charge is -2.31. The molecule has 3 aromatic carbocycles. The highest BCUT2D eigenvalue weighted by Crippen LogP contribution is 2.35. The van der Waals surface area contributed by atoms with Crippen LogP contribution in [0.1, 0.15) is 55.7 Å². The number of amides is 2. The summed E-state index contributed by atoms with van der Waals surface area (Å²) < 4.78 is 50.2. The number of halogens is 3. The molecule has 7 nitrogen and oxygen atoms in total. The first-order valence-electron chi connectivity index (χ1n) is 13.9. The van der Waals surface area contributed by atoms with Gasteiger partial charge in [-0.05, 0) is 59.9 Å². The van der Waals surface area contributed by atoms with E-state index in [0.29, 0.717) is 79.6 Å². The van der Waals surface area contributed by atoms with Gasteiger partial charge in [0, 0.05) is 36.5 Å². The molecule has 1 N–H and O–H groups in total. The second kappa shape index (κ2) is 12.1. The number of nitrogens with one attached hydrogen (secondary N) is 1. The van der Waals surface area contributed by atoms with Gasteiger partial charge in [-0.3, -0.25) is 9.59 Å². The van der Waals surface area contributed by atoms with Crippen molar-refractivity contribution in [3.8, 4) is 22.6 Å². The smallest absolute Gasteiger partial charge is 0.416 e. The van der Waals surface area contributed by atoms with Gasteiger partial charge < -0.3 is 19.7 Å². The number of rotatable bonds is 6. The highest BCUT2D eigenvalue weighted by atomic mass is 32.1. The van der Waals surface area contributed by atoms with Gasteiger partial charge in [0.25, 0.3) is 11.8 Å². The van der Waals surface area contributed by atoms with Gasteiger partial charge in [-0.1, -0.05) is 36.4 Å². The largest absolute Gasteiger partial charge is 0.486 e. The van der Waals surface area contributed by atoms with E-state index < -0.39 is 11.7 Å². The maximum absolute atomic E-state index is 13.5. The van der Waals surface area contributed by atoms with E-state index in [9.17, 15) is 22.8 Å². The number of carbonyl (C=O) groups excluding carboxylic acids is 2. The quantitative estimate of drug-likeness (QED) is 0.269. The second-order valence-electron chi connectivity index (χ2n) is 10.4. The molecule has 2 aliphatic rings. The number of alkyl halides is 3. The Bertz CT molecular complexity index is 1630. The van der Waals surface area contributed by atoms with Crippen LogP contribution in [0.5, 0.6) is 11.5 Å². The van der Waals surface area contributed by atoms with E-state index >= 15 is 0 Å². The third kappa shape index (κ3) is 6.36. The van der Waals surface area contributed by atoms with E-state index in [2.05, 4.69) is 10.3 Å². The number of hydrogen-bond acceptors (Lipinski definition) is 6. The van der Waals surface area contributed by atoms with Crippen LogP contribution in [-0.4, -0.2) is 48.0 Å². The molecule has 0 unspecified atom stereocenters. The fourth-order valence-electron chi connectivity index (χ4n) is 5.31. The lowest BCUT2D eigenvalue weighted by molar-refractivity contribution is -0.137. The predicted molar refractivity (Wildman–Crippen MR) is 155 cm³/mol. The molecule has 0 saturated carbocycles. The fourth-order valence-corrected chi connectivity index (χ4v) is 6.28. The minimum absolute atomic E-state index is 0.124. The third-order valence-electron chi connectivity index (χ3n) is 7.63. The van der Waals surface area contributed by atoms with E-state index in [1.807, 2.05) is 18.2 Å². The third-order valence-corrected chi connectivity index (χ3v) is 8.63. The van der Waals surface area contributed by atoms with Gasteiger partial charge in [-0.25, -0.2) is 4.98 Å². The van der Waals surface area contributed by atoms with Gasteiger partial charge in [0.1, 0.15) is 18.9 Å². The summed E-state index contributed by atoms with van der Waals surface area (Å²) >= 11 is 1.44. The van der Waals surface area contributed by atoms with Gasteiger partial charge in [-0.15, -0.1) is 11.3 Å². The van der Waals surface area contributed by atoms with Crippen LogP contribution < -0.4 is 14.8 Å². The number of hydrogen-bond donors (Lipinski definition) is 1. The molecular formula is C32H28F3N3O4S. The lowest BCUT2D eigenvalue weighted by Crippen LogP contribution is -2.38. The van der Waals surface area contributed by atoms with Gasteiger partial charge in [0.2, 0.25) is 0 Å². The Labute approximate surface area is 250 Å². The number of carbonyl (C=O) groups is 2. The number of nitrogens with zero attached hydrogens (tertiary/aromatic N) is 2. The molecule has 222 valence electrons. The summed E-state index contributed by atoms with van der Waals surface area (Å²) in [7, 11) is 0. The number of aromatic nitrogens is 1. The van der Waals surface area contributed by atoms with Crippen LogP contribution in [0.3, 0.4) is 0 Å². The number of thiazole rings is 1. The number of ether oxygens (including phenoxy) is 2. The van der Waals surface area contributed by atoms with Crippen molar-refractivity contribution in [1.82, 2.24) is 15.2 Å². The monoisotopic (exact) mass is 607 g/mol. The molecule has 4 aromatic rings. The van der Waals surface area contributed by atoms with Crippen LogP contribution in [-0.2, 0) is 12.7 Å². The first kappa shape index (κ1) is 28.7. The van der Waals surface area contributed by atoms with Crippen molar-refractivity contribution in [1.29, 1.82) is 0 Å². The molecule has 3 heterocycles. The summed E-state index contributed by atoms with van der Waals surface area (Å²) in [5.74, 6) is 1.07. The zero-order valence-corrected chi connectivity index (χ0v) is 23.8. The van der Waals surface area contributed by atoms with Crippen LogP contribution in [0.2, 0.25) is 0 Å². The van der Waals surface area contributed by atoms with Crippen LogP contribution in [0.25, 0.3) is 11.1 Å². The molecule has 0 bridgehead atoms. The first-order valence-corrected chi connectivity index (χ1v) is 14.8. The van der Waals surface area contributed by atoms with Crippen molar-refractivity contribution in [3.63, 3.8) is 0 Å². The van der Waals surface area contributed by atoms with Crippen molar-refractivity contribution >= 4 is 23.2 Å². The van der Waals surface area contributed by atoms with Crippen LogP contribution in [0.15, 0.2) is 72.1 Å². The van der Waals surface area contributed by atoms with Crippen LogP contribution >= 0.6 is 11.3 Å². The predicted octanol–water partition coefficient (Wildman–Crippen LogP) is 6.55. The molecule has 1 aromatic heterocycles. The summed E-state index contributed by atoms with van der Waals surface area (Å²) in [4.78, 5) is 32.6. The Kier molecular flexibility index (Phi) is 8.07. The van der Waals surface area contributed by atoms with E-state index in [0.717, 1.165) is 22.7 Å². The Morgan fingerprint density at radius 3 is 2.42 bits per heavy atom. The number of likely N-dealkylation sites (tertiary alicyclic amines) is 1. The normalized spacial score (nSPS) is 15.3. The van der Waals surface area contributed by atoms with Crippen LogP contribution in [0, 0.1) is 0 Å². The van der Waals surface area contributed by atoms with Crippen molar-refractivity contribution < 1.29 is 32.2 Å². The van der Waals surface area contributed by atoms with Crippen molar-refractivity contribution in [2.24, 2.45) is 0 Å². The Balaban J connectivity index is 1.05. The molecule has 0 radical (unpaired) electrons. The number of fused-ring (bicyclic) bond motifs is 1. The lowest BCUT2D eigenvalue weighted by atomic mass is 9.94. The molecule has 0 aliphatic carbocycles. The molecule has 0 atom stereocenters. The van der Waals surface area contributed by atoms with Gasteiger partial charge in [-0.2, -0.15) is 13.2 Å². The SMILES string of the molecule is O=C(NCc1ccc2c(c1)OCCO2)c1csc(C2CCN(C(=O)c3ccccc3-c3ccc(C(F)(F)F)cc3)CC2)n1. The van der Waals surface area contributed by atoms with Crippen molar-refractivity contribution in [2.45, 2.75) is 31.5 Å². The Morgan fingerprint density at radius 1 is 0.953 bits per heavy atom. The molecule has 2 aliphatic heterocycles. The van der Waals surface area contributed by atoms with Crippen molar-refractivity contribution in [2.75, 3.05) is 26.3 Å². The van der Waals surface area contributed by atoms with E-state index in [1.54, 1.807) is 34.5 Å². The fraction of sp³-hybridized carbons (Fsp3) is 0.281. The molecule has 0 spiro atoms. The maximum Gasteiger partial charge on any atom is 0.416 e. The highest BCUT2D eigenvalue weighted by Gasteiger charge is 2.31. The van der Waals surface area contributed by atoms with E-state index in [4.69, 9.17) is 9.47 Å². The summed E-state index contributed by atoms with van der Waals surface area (Å²) in [6, 6.07) is 17.4. The average molecular weight is 608 g/mol. The first-order chi connectivity index (χ1) is 20.8. The number of benzene rings is 3. The zero-order chi connectivity index (χ0) is 30.0. The summed E-state index contributed by atoms with van der Waals surface area (Å²) in [6.07, 6.45) is -3.03. The standard InChI is InChI=1S/C32H28F3N3O4S/c33-32(34,35)23-8-6-21(7-9-23)24-3-1-2-4-25(24)31(40)38-13-11-22(12-14-38)30-37-26(19-43-30)29(39)36-18-20-5-10-27-28(17-20)42-16-15-41-27/h1-10,17,19,22H,11-16,18H2,(H,36,39). The molecule has 1 saturated heterocycles. The van der Waals surface area contributed by atoms with Crippen LogP contribution in [0.4, 0.5) is 13.2 Å². The Hall–Kier alpha value is -4.38. The number of piperidine rings is 1. The second-order valence-corrected chi connectivity index (χ2v) is 11.3. The zero-order valence-electron chi connectivity index (χ0n) is 23.0. The van der Waals surface area contributed by atoms with E-state index in [-0.39, 0.29) is 17.7 Å². The van der Waals surface area contributed by atoms with Crippen molar-refractivity contribution in [3.05, 3.63) is 99.5 Å². The summed E-state index contributed by atoms with van der Waals surface area (Å²) in [6.45, 7) is 2.36. The average Bonchev–Trinajstić information content (AvgIpc) is 3.54. The van der Waals surface area contributed by atoms with Gasteiger partial charge in [0.15, 0.2) is 11.5 Å².